The Labute approximate surface area is 130 Å². The van der Waals surface area contributed by atoms with E-state index in [1.54, 1.807) is 23.1 Å². The molecule has 1 heterocycles. The number of aliphatic carboxylic acids is 1. The maximum absolute atomic E-state index is 12.6. The second-order valence-corrected chi connectivity index (χ2v) is 5.65. The number of carboxylic acid groups (broad SMARTS) is 1. The number of nitrogens with zero attached hydrogens (tertiary/aromatic N) is 1. The van der Waals surface area contributed by atoms with Crippen molar-refractivity contribution in [2.45, 2.75) is 19.8 Å². The molecule has 5 heteroatoms. The van der Waals surface area contributed by atoms with Crippen LogP contribution in [0.25, 0.3) is 0 Å². The Hall–Kier alpha value is -2.30. The molecule has 1 fully saturated rings. The lowest BCUT2D eigenvalue weighted by Crippen LogP contribution is -2.40. The van der Waals surface area contributed by atoms with Crippen molar-refractivity contribution < 1.29 is 19.4 Å². The molecule has 0 bridgehead atoms. The normalized spacial score (nSPS) is 15.4. The number of piperidine rings is 1. The van der Waals surface area contributed by atoms with Crippen LogP contribution in [-0.2, 0) is 4.79 Å². The summed E-state index contributed by atoms with van der Waals surface area (Å²) in [5.41, 5.74) is 1.39. The highest BCUT2D eigenvalue weighted by Crippen LogP contribution is 2.24. The Morgan fingerprint density at radius 1 is 1.32 bits per heavy atom. The standard InChI is InChI=1S/C17H21NO4/c1-12(2)11-22-15-6-4-3-5-14(15)16(19)18-9-7-13(8-10-18)17(20)21/h3-6,13H,1,7-11H2,2H3,(H,20,21). The van der Waals surface area contributed by atoms with Crippen molar-refractivity contribution in [2.75, 3.05) is 19.7 Å². The third-order valence-electron chi connectivity index (χ3n) is 3.72. The van der Waals surface area contributed by atoms with Crippen LogP contribution in [0, 0.1) is 5.92 Å². The van der Waals surface area contributed by atoms with Crippen molar-refractivity contribution in [3.8, 4) is 5.75 Å². The van der Waals surface area contributed by atoms with E-state index in [4.69, 9.17) is 9.84 Å². The van der Waals surface area contributed by atoms with Crippen LogP contribution in [-0.4, -0.2) is 41.6 Å². The number of hydrogen-bond donors (Lipinski definition) is 1. The minimum atomic E-state index is -0.780. The number of likely N-dealkylation sites (tertiary alicyclic amines) is 1. The molecular weight excluding hydrogens is 282 g/mol. The molecule has 0 aliphatic carbocycles. The molecule has 118 valence electrons. The second kappa shape index (κ2) is 7.11. The smallest absolute Gasteiger partial charge is 0.306 e. The van der Waals surface area contributed by atoms with Crippen LogP contribution >= 0.6 is 0 Å². The van der Waals surface area contributed by atoms with Gasteiger partial charge in [-0.05, 0) is 37.5 Å². The quantitative estimate of drug-likeness (QED) is 0.849. The number of carbonyl (C=O) groups excluding carboxylic acids is 1. The highest BCUT2D eigenvalue weighted by Gasteiger charge is 2.28. The predicted molar refractivity (Wildman–Crippen MR) is 83.0 cm³/mol. The van der Waals surface area contributed by atoms with E-state index >= 15 is 0 Å². The fourth-order valence-corrected chi connectivity index (χ4v) is 2.47. The van der Waals surface area contributed by atoms with E-state index < -0.39 is 5.97 Å². The minimum Gasteiger partial charge on any atom is -0.488 e. The summed E-state index contributed by atoms with van der Waals surface area (Å²) in [6.07, 6.45) is 0.992. The zero-order valence-electron chi connectivity index (χ0n) is 12.7. The van der Waals surface area contributed by atoms with Crippen molar-refractivity contribution in [2.24, 2.45) is 5.92 Å². The molecule has 0 saturated carbocycles. The summed E-state index contributed by atoms with van der Waals surface area (Å²) in [4.78, 5) is 25.3. The number of ether oxygens (including phenoxy) is 1. The van der Waals surface area contributed by atoms with Gasteiger partial charge in [0.1, 0.15) is 12.4 Å². The second-order valence-electron chi connectivity index (χ2n) is 5.65. The zero-order chi connectivity index (χ0) is 16.1. The SMILES string of the molecule is C=C(C)COc1ccccc1C(=O)N1CCC(C(=O)O)CC1. The van der Waals surface area contributed by atoms with Gasteiger partial charge >= 0.3 is 5.97 Å². The number of benzene rings is 1. The average Bonchev–Trinajstić information content (AvgIpc) is 2.52. The van der Waals surface area contributed by atoms with Gasteiger partial charge in [-0.2, -0.15) is 0 Å². The van der Waals surface area contributed by atoms with Crippen molar-refractivity contribution in [3.05, 3.63) is 42.0 Å². The molecule has 2 rings (SSSR count). The summed E-state index contributed by atoms with van der Waals surface area (Å²) in [5, 5.41) is 9.01. The van der Waals surface area contributed by atoms with Gasteiger partial charge in [-0.3, -0.25) is 9.59 Å². The van der Waals surface area contributed by atoms with E-state index in [-0.39, 0.29) is 11.8 Å². The summed E-state index contributed by atoms with van der Waals surface area (Å²) in [6, 6.07) is 7.12. The van der Waals surface area contributed by atoms with E-state index in [0.29, 0.717) is 43.9 Å². The molecule has 1 aromatic rings. The molecule has 1 aromatic carbocycles. The largest absolute Gasteiger partial charge is 0.488 e. The Balaban J connectivity index is 2.07. The summed E-state index contributed by atoms with van der Waals surface area (Å²) >= 11 is 0. The van der Waals surface area contributed by atoms with Crippen molar-refractivity contribution >= 4 is 11.9 Å². The van der Waals surface area contributed by atoms with E-state index in [1.807, 2.05) is 13.0 Å². The molecule has 0 radical (unpaired) electrons. The highest BCUT2D eigenvalue weighted by atomic mass is 16.5. The Morgan fingerprint density at radius 3 is 2.55 bits per heavy atom. The van der Waals surface area contributed by atoms with E-state index in [0.717, 1.165) is 5.57 Å². The first-order valence-corrected chi connectivity index (χ1v) is 7.37. The van der Waals surface area contributed by atoms with E-state index in [9.17, 15) is 9.59 Å². The lowest BCUT2D eigenvalue weighted by atomic mass is 9.96. The van der Waals surface area contributed by atoms with Gasteiger partial charge in [0.15, 0.2) is 0 Å². The monoisotopic (exact) mass is 303 g/mol. The van der Waals surface area contributed by atoms with Crippen LogP contribution in [0.4, 0.5) is 0 Å². The maximum Gasteiger partial charge on any atom is 0.306 e. The lowest BCUT2D eigenvalue weighted by Gasteiger charge is -2.30. The summed E-state index contributed by atoms with van der Waals surface area (Å²) in [5.74, 6) is -0.701. The third kappa shape index (κ3) is 3.87. The molecule has 22 heavy (non-hydrogen) atoms. The van der Waals surface area contributed by atoms with Gasteiger partial charge in [0, 0.05) is 13.1 Å². The zero-order valence-corrected chi connectivity index (χ0v) is 12.7. The first-order chi connectivity index (χ1) is 10.5. The molecule has 0 spiro atoms. The Morgan fingerprint density at radius 2 is 1.95 bits per heavy atom. The van der Waals surface area contributed by atoms with Crippen LogP contribution < -0.4 is 4.74 Å². The summed E-state index contributed by atoms with van der Waals surface area (Å²) < 4.78 is 5.63. The van der Waals surface area contributed by atoms with E-state index in [2.05, 4.69) is 6.58 Å². The molecular formula is C17H21NO4. The van der Waals surface area contributed by atoms with Crippen LogP contribution in [0.2, 0.25) is 0 Å². The molecule has 1 aliphatic heterocycles. The van der Waals surface area contributed by atoms with Crippen LogP contribution in [0.5, 0.6) is 5.75 Å². The highest BCUT2D eigenvalue weighted by molar-refractivity contribution is 5.97. The number of carboxylic acids is 1. The van der Waals surface area contributed by atoms with E-state index in [1.165, 1.54) is 0 Å². The number of hydrogen-bond acceptors (Lipinski definition) is 3. The van der Waals surface area contributed by atoms with Crippen LogP contribution in [0.15, 0.2) is 36.4 Å². The molecule has 0 aromatic heterocycles. The first-order valence-electron chi connectivity index (χ1n) is 7.37. The van der Waals surface area contributed by atoms with Gasteiger partial charge in [0.2, 0.25) is 0 Å². The number of para-hydroxylation sites is 1. The Bertz CT molecular complexity index is 574. The summed E-state index contributed by atoms with van der Waals surface area (Å²) in [7, 11) is 0. The first kappa shape index (κ1) is 16.1. The summed E-state index contributed by atoms with van der Waals surface area (Å²) in [6.45, 7) is 6.94. The van der Waals surface area contributed by atoms with Gasteiger partial charge in [-0.15, -0.1) is 0 Å². The lowest BCUT2D eigenvalue weighted by molar-refractivity contribution is -0.143. The molecule has 1 aliphatic rings. The van der Waals surface area contributed by atoms with Gasteiger partial charge in [-0.1, -0.05) is 18.7 Å². The maximum atomic E-state index is 12.6. The van der Waals surface area contributed by atoms with Crippen molar-refractivity contribution in [1.82, 2.24) is 4.90 Å². The molecule has 0 atom stereocenters. The van der Waals surface area contributed by atoms with Crippen molar-refractivity contribution in [1.29, 1.82) is 0 Å². The van der Waals surface area contributed by atoms with Gasteiger partial charge in [0.05, 0.1) is 11.5 Å². The Kier molecular flexibility index (Phi) is 5.20. The van der Waals surface area contributed by atoms with Crippen LogP contribution in [0.1, 0.15) is 30.1 Å². The molecule has 0 unspecified atom stereocenters. The molecule has 1 amide bonds. The molecule has 5 nitrogen and oxygen atoms in total. The predicted octanol–water partition coefficient (Wildman–Crippen LogP) is 2.58. The number of amides is 1. The number of carbonyl (C=O) groups is 2. The van der Waals surface area contributed by atoms with Gasteiger partial charge in [0.25, 0.3) is 5.91 Å². The van der Waals surface area contributed by atoms with Gasteiger partial charge < -0.3 is 14.7 Å². The fourth-order valence-electron chi connectivity index (χ4n) is 2.47. The number of rotatable bonds is 5. The molecule has 1 N–H and O–H groups in total. The van der Waals surface area contributed by atoms with Crippen LogP contribution in [0.3, 0.4) is 0 Å². The average molecular weight is 303 g/mol. The fraction of sp³-hybridized carbons (Fsp3) is 0.412. The third-order valence-corrected chi connectivity index (χ3v) is 3.72. The van der Waals surface area contributed by atoms with Crippen molar-refractivity contribution in [3.63, 3.8) is 0 Å². The minimum absolute atomic E-state index is 0.110. The molecule has 1 saturated heterocycles. The van der Waals surface area contributed by atoms with Gasteiger partial charge in [-0.25, -0.2) is 0 Å². The topological polar surface area (TPSA) is 66.8 Å².